The number of nitriles is 1. The van der Waals surface area contributed by atoms with Crippen LogP contribution in [0.4, 0.5) is 0 Å². The molecule has 14 heavy (non-hydrogen) atoms. The van der Waals surface area contributed by atoms with Crippen molar-refractivity contribution in [1.29, 1.82) is 5.26 Å². The maximum atomic E-state index is 8.82. The minimum Gasteiger partial charge on any atom is -0.493 e. The quantitative estimate of drug-likeness (QED) is 0.677. The molecule has 2 nitrogen and oxygen atoms in total. The van der Waals surface area contributed by atoms with Gasteiger partial charge in [-0.1, -0.05) is 25.1 Å². The normalized spacial score (nSPS) is 24.6. The number of nitrogens with zero attached hydrogens (tertiary/aromatic N) is 1. The first-order valence-electron chi connectivity index (χ1n) is 4.85. The van der Waals surface area contributed by atoms with Gasteiger partial charge in [0.1, 0.15) is 5.75 Å². The first kappa shape index (κ1) is 9.08. The van der Waals surface area contributed by atoms with Crippen LogP contribution in [0, 0.1) is 11.3 Å². The third-order valence-corrected chi connectivity index (χ3v) is 2.92. The highest BCUT2D eigenvalue weighted by Crippen LogP contribution is 2.40. The fourth-order valence-electron chi connectivity index (χ4n) is 1.97. The molecule has 0 saturated carbocycles. The Kier molecular flexibility index (Phi) is 2.17. The zero-order chi connectivity index (χ0) is 10.0. The smallest absolute Gasteiger partial charge is 0.123 e. The lowest BCUT2D eigenvalue weighted by atomic mass is 9.76. The number of fused-ring (bicyclic) bond motifs is 1. The third-order valence-electron chi connectivity index (χ3n) is 2.92. The predicted molar refractivity (Wildman–Crippen MR) is 54.1 cm³/mol. The summed E-state index contributed by atoms with van der Waals surface area (Å²) >= 11 is 0. The maximum absolute atomic E-state index is 8.82. The van der Waals surface area contributed by atoms with Gasteiger partial charge >= 0.3 is 0 Å². The molecule has 1 aromatic rings. The van der Waals surface area contributed by atoms with Crippen molar-refractivity contribution in [2.45, 2.75) is 25.2 Å². The van der Waals surface area contributed by atoms with Gasteiger partial charge in [0.2, 0.25) is 0 Å². The molecule has 1 heterocycles. The van der Waals surface area contributed by atoms with Crippen molar-refractivity contribution in [3.05, 3.63) is 29.8 Å². The number of hydrogen-bond donors (Lipinski definition) is 0. The first-order valence-corrected chi connectivity index (χ1v) is 4.85. The fourth-order valence-corrected chi connectivity index (χ4v) is 1.97. The van der Waals surface area contributed by atoms with Crippen LogP contribution < -0.4 is 4.74 Å². The van der Waals surface area contributed by atoms with E-state index >= 15 is 0 Å². The Hall–Kier alpha value is -1.49. The third kappa shape index (κ3) is 1.35. The van der Waals surface area contributed by atoms with E-state index in [1.54, 1.807) is 0 Å². The number of para-hydroxylation sites is 1. The Morgan fingerprint density at radius 3 is 3.07 bits per heavy atom. The Balaban J connectivity index is 2.45. The minimum atomic E-state index is -0.0242. The lowest BCUT2D eigenvalue weighted by Crippen LogP contribution is -2.29. The second kappa shape index (κ2) is 3.34. The minimum absolute atomic E-state index is 0.0242. The fraction of sp³-hybridized carbons (Fsp3) is 0.417. The van der Waals surface area contributed by atoms with Crippen molar-refractivity contribution in [2.75, 3.05) is 6.61 Å². The van der Waals surface area contributed by atoms with Gasteiger partial charge in [0.05, 0.1) is 12.7 Å². The highest BCUT2D eigenvalue weighted by atomic mass is 16.5. The monoisotopic (exact) mass is 187 g/mol. The number of benzene rings is 1. The van der Waals surface area contributed by atoms with Gasteiger partial charge in [-0.05, 0) is 12.5 Å². The van der Waals surface area contributed by atoms with Crippen molar-refractivity contribution >= 4 is 0 Å². The van der Waals surface area contributed by atoms with Crippen molar-refractivity contribution in [2.24, 2.45) is 0 Å². The SMILES string of the molecule is C[C@]1(CC#N)CCOc2ccccc21. The molecule has 1 atom stereocenters. The second-order valence-corrected chi connectivity index (χ2v) is 3.99. The second-order valence-electron chi connectivity index (χ2n) is 3.99. The largest absolute Gasteiger partial charge is 0.493 e. The highest BCUT2D eigenvalue weighted by molar-refractivity contribution is 5.41. The molecule has 1 aliphatic heterocycles. The average Bonchev–Trinajstić information content (AvgIpc) is 2.19. The van der Waals surface area contributed by atoms with Gasteiger partial charge < -0.3 is 4.74 Å². The van der Waals surface area contributed by atoms with Crippen LogP contribution in [-0.2, 0) is 5.41 Å². The van der Waals surface area contributed by atoms with Crippen molar-refractivity contribution < 1.29 is 4.74 Å². The van der Waals surface area contributed by atoms with Crippen LogP contribution in [-0.4, -0.2) is 6.61 Å². The maximum Gasteiger partial charge on any atom is 0.123 e. The van der Waals surface area contributed by atoms with E-state index in [9.17, 15) is 0 Å². The van der Waals surface area contributed by atoms with Gasteiger partial charge in [0, 0.05) is 17.4 Å². The molecule has 0 bridgehead atoms. The van der Waals surface area contributed by atoms with Crippen LogP contribution in [0.3, 0.4) is 0 Å². The summed E-state index contributed by atoms with van der Waals surface area (Å²) in [5, 5.41) is 8.82. The molecule has 2 rings (SSSR count). The summed E-state index contributed by atoms with van der Waals surface area (Å²) in [5.74, 6) is 0.941. The molecule has 2 heteroatoms. The standard InChI is InChI=1S/C12H13NO/c1-12(6-8-13)7-9-14-11-5-3-2-4-10(11)12/h2-5H,6-7,9H2,1H3/t12-/m0/s1. The van der Waals surface area contributed by atoms with E-state index in [0.717, 1.165) is 18.8 Å². The zero-order valence-electron chi connectivity index (χ0n) is 8.29. The number of ether oxygens (including phenoxy) is 1. The van der Waals surface area contributed by atoms with Crippen molar-refractivity contribution in [1.82, 2.24) is 0 Å². The Morgan fingerprint density at radius 1 is 1.50 bits per heavy atom. The average molecular weight is 187 g/mol. The van der Waals surface area contributed by atoms with Crippen LogP contribution >= 0.6 is 0 Å². The molecule has 72 valence electrons. The van der Waals surface area contributed by atoms with Gasteiger partial charge in [-0.15, -0.1) is 0 Å². The number of rotatable bonds is 1. The first-order chi connectivity index (χ1) is 6.76. The molecule has 0 aromatic heterocycles. The molecule has 0 amide bonds. The summed E-state index contributed by atoms with van der Waals surface area (Å²) in [6, 6.07) is 10.3. The Labute approximate surface area is 84.1 Å². The summed E-state index contributed by atoms with van der Waals surface area (Å²) < 4.78 is 5.56. The van der Waals surface area contributed by atoms with Crippen LogP contribution in [0.25, 0.3) is 0 Å². The van der Waals surface area contributed by atoms with E-state index in [1.807, 2.05) is 18.2 Å². The van der Waals surface area contributed by atoms with Gasteiger partial charge in [-0.25, -0.2) is 0 Å². The predicted octanol–water partition coefficient (Wildman–Crippen LogP) is 2.64. The van der Waals surface area contributed by atoms with E-state index < -0.39 is 0 Å². The van der Waals surface area contributed by atoms with Gasteiger partial charge in [-0.3, -0.25) is 0 Å². The van der Waals surface area contributed by atoms with E-state index in [1.165, 1.54) is 5.56 Å². The van der Waals surface area contributed by atoms with Crippen molar-refractivity contribution in [3.8, 4) is 11.8 Å². The number of hydrogen-bond acceptors (Lipinski definition) is 2. The van der Waals surface area contributed by atoms with Crippen LogP contribution in [0.2, 0.25) is 0 Å². The summed E-state index contributed by atoms with van der Waals surface area (Å²) in [6.45, 7) is 2.85. The molecule has 0 aliphatic carbocycles. The van der Waals surface area contributed by atoms with E-state index in [2.05, 4.69) is 19.1 Å². The molecule has 0 spiro atoms. The van der Waals surface area contributed by atoms with Gasteiger partial charge in [0.25, 0.3) is 0 Å². The molecule has 0 radical (unpaired) electrons. The molecule has 0 fully saturated rings. The lowest BCUT2D eigenvalue weighted by molar-refractivity contribution is 0.226. The summed E-state index contributed by atoms with van der Waals surface area (Å²) in [5.41, 5.74) is 1.15. The molecule has 0 saturated heterocycles. The Morgan fingerprint density at radius 2 is 2.29 bits per heavy atom. The topological polar surface area (TPSA) is 33.0 Å². The molecule has 0 unspecified atom stereocenters. The van der Waals surface area contributed by atoms with Gasteiger partial charge in [-0.2, -0.15) is 5.26 Å². The lowest BCUT2D eigenvalue weighted by Gasteiger charge is -2.33. The van der Waals surface area contributed by atoms with Gasteiger partial charge in [0.15, 0.2) is 0 Å². The van der Waals surface area contributed by atoms with E-state index in [4.69, 9.17) is 10.00 Å². The molecular formula is C12H13NO. The van der Waals surface area contributed by atoms with Crippen LogP contribution in [0.1, 0.15) is 25.3 Å². The Bertz CT molecular complexity index is 380. The van der Waals surface area contributed by atoms with E-state index in [0.29, 0.717) is 6.42 Å². The zero-order valence-corrected chi connectivity index (χ0v) is 8.29. The molecular weight excluding hydrogens is 174 g/mol. The summed E-state index contributed by atoms with van der Waals surface area (Å²) in [4.78, 5) is 0. The van der Waals surface area contributed by atoms with E-state index in [-0.39, 0.29) is 5.41 Å². The summed E-state index contributed by atoms with van der Waals surface area (Å²) in [6.07, 6.45) is 1.49. The molecule has 1 aromatic carbocycles. The van der Waals surface area contributed by atoms with Crippen molar-refractivity contribution in [3.63, 3.8) is 0 Å². The van der Waals surface area contributed by atoms with Crippen LogP contribution in [0.15, 0.2) is 24.3 Å². The molecule has 1 aliphatic rings. The molecule has 0 N–H and O–H groups in total. The van der Waals surface area contributed by atoms with Crippen LogP contribution in [0.5, 0.6) is 5.75 Å². The highest BCUT2D eigenvalue weighted by Gasteiger charge is 2.32. The summed E-state index contributed by atoms with van der Waals surface area (Å²) in [7, 11) is 0.